The largest absolute Gasteiger partial charge is 0.360 e. The van der Waals surface area contributed by atoms with E-state index in [-0.39, 0.29) is 5.91 Å². The molecule has 0 N–H and O–H groups in total. The summed E-state index contributed by atoms with van der Waals surface area (Å²) in [5.41, 5.74) is 3.49. The lowest BCUT2D eigenvalue weighted by molar-refractivity contribution is 0.0781. The van der Waals surface area contributed by atoms with Crippen LogP contribution in [0.4, 0.5) is 0 Å². The van der Waals surface area contributed by atoms with E-state index in [9.17, 15) is 4.79 Å². The zero-order chi connectivity index (χ0) is 20.9. The molecule has 6 nitrogen and oxygen atoms in total. The number of nitrogens with zero attached hydrogens (tertiary/aromatic N) is 4. The van der Waals surface area contributed by atoms with Crippen molar-refractivity contribution in [3.8, 4) is 5.69 Å². The summed E-state index contributed by atoms with van der Waals surface area (Å²) >= 11 is 1.57. The summed E-state index contributed by atoms with van der Waals surface area (Å²) in [6.45, 7) is 2.37. The molecule has 30 heavy (non-hydrogen) atoms. The first kappa shape index (κ1) is 20.0. The Morgan fingerprint density at radius 1 is 1.13 bits per heavy atom. The summed E-state index contributed by atoms with van der Waals surface area (Å²) in [6.07, 6.45) is 3.75. The van der Waals surface area contributed by atoms with Crippen LogP contribution in [-0.2, 0) is 12.3 Å². The SMILES string of the molecule is Cc1cc(CSc2ccccc2C(=O)N(C)Cc2cnn(-c3ccccc3)c2)on1. The molecule has 1 amide bonds. The van der Waals surface area contributed by atoms with E-state index in [4.69, 9.17) is 4.52 Å². The third-order valence-electron chi connectivity index (χ3n) is 4.59. The van der Waals surface area contributed by atoms with Crippen molar-refractivity contribution in [1.82, 2.24) is 19.8 Å². The zero-order valence-corrected chi connectivity index (χ0v) is 17.7. The second-order valence-corrected chi connectivity index (χ2v) is 8.03. The third kappa shape index (κ3) is 4.63. The summed E-state index contributed by atoms with van der Waals surface area (Å²) < 4.78 is 7.09. The van der Waals surface area contributed by atoms with E-state index in [1.165, 1.54) is 0 Å². The van der Waals surface area contributed by atoms with Crippen molar-refractivity contribution in [2.75, 3.05) is 7.05 Å². The minimum absolute atomic E-state index is 0.0284. The highest BCUT2D eigenvalue weighted by Gasteiger charge is 2.17. The first-order valence-corrected chi connectivity index (χ1v) is 10.6. The van der Waals surface area contributed by atoms with Gasteiger partial charge < -0.3 is 9.42 Å². The van der Waals surface area contributed by atoms with Crippen LogP contribution in [0.5, 0.6) is 0 Å². The molecule has 0 saturated heterocycles. The maximum atomic E-state index is 13.1. The van der Waals surface area contributed by atoms with E-state index in [2.05, 4.69) is 10.3 Å². The minimum Gasteiger partial charge on any atom is -0.360 e. The molecule has 0 atom stereocenters. The van der Waals surface area contributed by atoms with Gasteiger partial charge in [-0.15, -0.1) is 11.8 Å². The van der Waals surface area contributed by atoms with Gasteiger partial charge in [0.15, 0.2) is 0 Å². The Hall–Kier alpha value is -3.32. The molecule has 152 valence electrons. The first-order chi connectivity index (χ1) is 14.6. The number of rotatable bonds is 7. The van der Waals surface area contributed by atoms with Crippen molar-refractivity contribution < 1.29 is 9.32 Å². The lowest BCUT2D eigenvalue weighted by Crippen LogP contribution is -2.26. The maximum Gasteiger partial charge on any atom is 0.255 e. The van der Waals surface area contributed by atoms with Gasteiger partial charge in [-0.2, -0.15) is 5.10 Å². The molecule has 0 aliphatic rings. The standard InChI is InChI=1S/C23H22N4O2S/c1-17-12-20(29-25-17)16-30-22-11-7-6-10-21(22)23(28)26(2)14-18-13-24-27(15-18)19-8-4-3-5-9-19/h3-13,15H,14,16H2,1-2H3. The van der Waals surface area contributed by atoms with E-state index in [1.54, 1.807) is 22.9 Å². The molecule has 0 bridgehead atoms. The highest BCUT2D eigenvalue weighted by Crippen LogP contribution is 2.27. The van der Waals surface area contributed by atoms with Gasteiger partial charge >= 0.3 is 0 Å². The Kier molecular flexibility index (Phi) is 5.99. The molecule has 0 aliphatic heterocycles. The molecule has 0 fully saturated rings. The molecule has 0 radical (unpaired) electrons. The van der Waals surface area contributed by atoms with Gasteiger partial charge in [0.05, 0.1) is 28.9 Å². The van der Waals surface area contributed by atoms with Crippen LogP contribution >= 0.6 is 11.8 Å². The molecule has 0 unspecified atom stereocenters. The van der Waals surface area contributed by atoms with Crippen LogP contribution in [0.15, 0.2) is 82.5 Å². The topological polar surface area (TPSA) is 64.2 Å². The molecule has 2 aromatic carbocycles. The highest BCUT2D eigenvalue weighted by atomic mass is 32.2. The first-order valence-electron chi connectivity index (χ1n) is 9.58. The van der Waals surface area contributed by atoms with Crippen LogP contribution in [0.2, 0.25) is 0 Å². The molecular formula is C23H22N4O2S. The average Bonchev–Trinajstić information content (AvgIpc) is 3.41. The predicted molar refractivity (Wildman–Crippen MR) is 117 cm³/mol. The van der Waals surface area contributed by atoms with Crippen LogP contribution in [0.3, 0.4) is 0 Å². The monoisotopic (exact) mass is 418 g/mol. The van der Waals surface area contributed by atoms with Crippen LogP contribution in [0.25, 0.3) is 5.69 Å². The Morgan fingerprint density at radius 3 is 2.67 bits per heavy atom. The number of carbonyl (C=O) groups is 1. The van der Waals surface area contributed by atoms with E-state index >= 15 is 0 Å². The van der Waals surface area contributed by atoms with Crippen LogP contribution in [0.1, 0.15) is 27.4 Å². The van der Waals surface area contributed by atoms with Gasteiger partial charge in [-0.25, -0.2) is 4.68 Å². The number of hydrogen-bond acceptors (Lipinski definition) is 5. The molecule has 7 heteroatoms. The molecule has 4 rings (SSSR count). The van der Waals surface area contributed by atoms with Crippen molar-refractivity contribution in [3.63, 3.8) is 0 Å². The second-order valence-electron chi connectivity index (χ2n) is 7.01. The number of carbonyl (C=O) groups excluding carboxylic acids is 1. The number of benzene rings is 2. The van der Waals surface area contributed by atoms with Gasteiger partial charge in [0, 0.05) is 36.3 Å². The van der Waals surface area contributed by atoms with Gasteiger partial charge in [-0.1, -0.05) is 35.5 Å². The van der Waals surface area contributed by atoms with Crippen molar-refractivity contribution >= 4 is 17.7 Å². The lowest BCUT2D eigenvalue weighted by atomic mass is 10.2. The number of para-hydroxylation sites is 1. The minimum atomic E-state index is -0.0284. The quantitative estimate of drug-likeness (QED) is 0.406. The van der Waals surface area contributed by atoms with Crippen molar-refractivity contribution in [2.45, 2.75) is 24.1 Å². The van der Waals surface area contributed by atoms with Gasteiger partial charge in [0.1, 0.15) is 5.76 Å². The summed E-state index contributed by atoms with van der Waals surface area (Å²) in [5, 5.41) is 8.33. The van der Waals surface area contributed by atoms with Gasteiger partial charge in [0.2, 0.25) is 0 Å². The summed E-state index contributed by atoms with van der Waals surface area (Å²) in [4.78, 5) is 15.7. The summed E-state index contributed by atoms with van der Waals surface area (Å²) in [7, 11) is 1.81. The number of aromatic nitrogens is 3. The zero-order valence-electron chi connectivity index (χ0n) is 16.9. The van der Waals surface area contributed by atoms with E-state index in [0.717, 1.165) is 27.6 Å². The molecule has 0 spiro atoms. The van der Waals surface area contributed by atoms with Gasteiger partial charge in [-0.3, -0.25) is 4.79 Å². The fourth-order valence-corrected chi connectivity index (χ4v) is 4.04. The molecule has 2 heterocycles. The molecule has 4 aromatic rings. The van der Waals surface area contributed by atoms with Crippen LogP contribution < -0.4 is 0 Å². The third-order valence-corrected chi connectivity index (χ3v) is 5.68. The van der Waals surface area contributed by atoms with Gasteiger partial charge in [-0.05, 0) is 31.2 Å². The fraction of sp³-hybridized carbons (Fsp3) is 0.174. The fourth-order valence-electron chi connectivity index (χ4n) is 3.12. The van der Waals surface area contributed by atoms with Crippen LogP contribution in [0, 0.1) is 6.92 Å². The number of amides is 1. The second kappa shape index (κ2) is 9.00. The Morgan fingerprint density at radius 2 is 1.90 bits per heavy atom. The Bertz CT molecular complexity index is 1140. The smallest absolute Gasteiger partial charge is 0.255 e. The average molecular weight is 419 g/mol. The maximum absolute atomic E-state index is 13.1. The van der Waals surface area contributed by atoms with Crippen molar-refractivity contribution in [2.24, 2.45) is 0 Å². The van der Waals surface area contributed by atoms with E-state index in [1.807, 2.05) is 85.5 Å². The molecule has 0 aliphatic carbocycles. The van der Waals surface area contributed by atoms with Crippen LogP contribution in [-0.4, -0.2) is 32.8 Å². The Labute approximate surface area is 179 Å². The van der Waals surface area contributed by atoms with E-state index in [0.29, 0.717) is 17.9 Å². The van der Waals surface area contributed by atoms with Crippen molar-refractivity contribution in [1.29, 1.82) is 0 Å². The molecular weight excluding hydrogens is 396 g/mol. The molecule has 2 aromatic heterocycles. The van der Waals surface area contributed by atoms with Crippen molar-refractivity contribution in [3.05, 3.63) is 95.6 Å². The summed E-state index contributed by atoms with van der Waals surface area (Å²) in [5.74, 6) is 1.39. The number of aryl methyl sites for hydroxylation is 1. The molecule has 0 saturated carbocycles. The number of thioether (sulfide) groups is 1. The normalized spacial score (nSPS) is 10.9. The van der Waals surface area contributed by atoms with Gasteiger partial charge in [0.25, 0.3) is 5.91 Å². The highest BCUT2D eigenvalue weighted by molar-refractivity contribution is 7.98. The number of hydrogen-bond donors (Lipinski definition) is 0. The Balaban J connectivity index is 1.44. The predicted octanol–water partition coefficient (Wildman–Crippen LogP) is 4.73. The van der Waals surface area contributed by atoms with E-state index < -0.39 is 0 Å². The lowest BCUT2D eigenvalue weighted by Gasteiger charge is -2.18. The summed E-state index contributed by atoms with van der Waals surface area (Å²) in [6, 6.07) is 19.5.